The van der Waals surface area contributed by atoms with E-state index in [1.807, 2.05) is 11.9 Å². The fraction of sp³-hybridized carbons (Fsp3) is 0.500. The first-order chi connectivity index (χ1) is 8.20. The van der Waals surface area contributed by atoms with Crippen molar-refractivity contribution in [3.05, 3.63) is 29.8 Å². The summed E-state index contributed by atoms with van der Waals surface area (Å²) in [4.78, 5) is 15.1. The van der Waals surface area contributed by atoms with Crippen LogP contribution >= 0.6 is 11.8 Å². The fourth-order valence-electron chi connectivity index (χ4n) is 2.05. The topological polar surface area (TPSA) is 20.3 Å². The van der Waals surface area contributed by atoms with Gasteiger partial charge in [0.05, 0.1) is 0 Å². The second kappa shape index (κ2) is 5.58. The van der Waals surface area contributed by atoms with Crippen molar-refractivity contribution >= 4 is 17.7 Å². The Morgan fingerprint density at radius 3 is 2.47 bits per heavy atom. The molecule has 2 rings (SSSR count). The van der Waals surface area contributed by atoms with Crippen molar-refractivity contribution in [3.63, 3.8) is 0 Å². The van der Waals surface area contributed by atoms with E-state index in [2.05, 4.69) is 30.5 Å². The highest BCUT2D eigenvalue weighted by Gasteiger charge is 2.27. The summed E-state index contributed by atoms with van der Waals surface area (Å²) < 4.78 is 0. The highest BCUT2D eigenvalue weighted by Crippen LogP contribution is 2.28. The van der Waals surface area contributed by atoms with Crippen LogP contribution in [0.1, 0.15) is 24.8 Å². The van der Waals surface area contributed by atoms with Crippen LogP contribution in [0.2, 0.25) is 0 Å². The lowest BCUT2D eigenvalue weighted by Gasteiger charge is -2.29. The average molecular weight is 249 g/mol. The Hall–Kier alpha value is -0.960. The fourth-order valence-corrected chi connectivity index (χ4v) is 2.46. The normalized spacial score (nSPS) is 15.4. The number of rotatable bonds is 4. The van der Waals surface area contributed by atoms with Gasteiger partial charge in [-0.3, -0.25) is 4.79 Å². The summed E-state index contributed by atoms with van der Waals surface area (Å²) in [6.45, 7) is 0.726. The van der Waals surface area contributed by atoms with Crippen LogP contribution in [-0.4, -0.2) is 24.1 Å². The zero-order valence-corrected chi connectivity index (χ0v) is 11.3. The van der Waals surface area contributed by atoms with Gasteiger partial charge in [0, 0.05) is 24.4 Å². The molecule has 1 fully saturated rings. The Bertz CT molecular complexity index is 384. The molecule has 0 unspecified atom stereocenters. The van der Waals surface area contributed by atoms with Gasteiger partial charge in [-0.2, -0.15) is 0 Å². The third-order valence-corrected chi connectivity index (χ3v) is 4.15. The van der Waals surface area contributed by atoms with E-state index in [1.54, 1.807) is 11.8 Å². The minimum absolute atomic E-state index is 0.297. The summed E-state index contributed by atoms with van der Waals surface area (Å²) in [7, 11) is 1.91. The van der Waals surface area contributed by atoms with Crippen LogP contribution < -0.4 is 0 Å². The van der Waals surface area contributed by atoms with Gasteiger partial charge in [-0.05, 0) is 36.8 Å². The van der Waals surface area contributed by atoms with Crippen LogP contribution in [0.3, 0.4) is 0 Å². The molecule has 0 spiro atoms. The Balaban J connectivity index is 1.92. The van der Waals surface area contributed by atoms with E-state index in [0.717, 1.165) is 19.4 Å². The number of amides is 1. The zero-order chi connectivity index (χ0) is 12.3. The van der Waals surface area contributed by atoms with Gasteiger partial charge in [-0.15, -0.1) is 11.8 Å². The Labute approximate surface area is 107 Å². The SMILES string of the molecule is CSc1ccc(CN(C)C(=O)C2CCC2)cc1. The molecular formula is C14H19NOS. The van der Waals surface area contributed by atoms with Crippen molar-refractivity contribution in [2.24, 2.45) is 5.92 Å². The number of benzene rings is 1. The molecule has 0 N–H and O–H groups in total. The predicted octanol–water partition coefficient (Wildman–Crippen LogP) is 3.17. The summed E-state index contributed by atoms with van der Waals surface area (Å²) >= 11 is 1.74. The van der Waals surface area contributed by atoms with E-state index in [-0.39, 0.29) is 0 Å². The van der Waals surface area contributed by atoms with E-state index < -0.39 is 0 Å². The van der Waals surface area contributed by atoms with Gasteiger partial charge in [0.15, 0.2) is 0 Å². The lowest BCUT2D eigenvalue weighted by molar-refractivity contribution is -0.137. The van der Waals surface area contributed by atoms with E-state index >= 15 is 0 Å². The molecule has 0 radical (unpaired) electrons. The minimum atomic E-state index is 0.297. The number of carbonyl (C=O) groups excluding carboxylic acids is 1. The second-order valence-electron chi connectivity index (χ2n) is 4.67. The van der Waals surface area contributed by atoms with E-state index in [0.29, 0.717) is 11.8 Å². The van der Waals surface area contributed by atoms with Gasteiger partial charge in [0.25, 0.3) is 0 Å². The second-order valence-corrected chi connectivity index (χ2v) is 5.55. The Kier molecular flexibility index (Phi) is 4.11. The Morgan fingerprint density at radius 2 is 2.00 bits per heavy atom. The molecule has 1 aromatic carbocycles. The zero-order valence-electron chi connectivity index (χ0n) is 10.5. The summed E-state index contributed by atoms with van der Waals surface area (Å²) in [5.41, 5.74) is 1.21. The molecule has 0 bridgehead atoms. The number of thioether (sulfide) groups is 1. The van der Waals surface area contributed by atoms with Crippen LogP contribution in [0.4, 0.5) is 0 Å². The van der Waals surface area contributed by atoms with Gasteiger partial charge in [0.2, 0.25) is 5.91 Å². The number of hydrogen-bond donors (Lipinski definition) is 0. The van der Waals surface area contributed by atoms with Crippen LogP contribution in [-0.2, 0) is 11.3 Å². The third-order valence-electron chi connectivity index (χ3n) is 3.41. The molecule has 0 atom stereocenters. The molecule has 0 aliphatic heterocycles. The largest absolute Gasteiger partial charge is 0.341 e. The van der Waals surface area contributed by atoms with Crippen LogP contribution in [0.25, 0.3) is 0 Å². The highest BCUT2D eigenvalue weighted by atomic mass is 32.2. The Morgan fingerprint density at radius 1 is 1.35 bits per heavy atom. The molecule has 2 nitrogen and oxygen atoms in total. The molecule has 0 aromatic heterocycles. The first-order valence-corrected chi connectivity index (χ1v) is 7.31. The smallest absolute Gasteiger partial charge is 0.225 e. The van der Waals surface area contributed by atoms with Crippen LogP contribution in [0.15, 0.2) is 29.2 Å². The van der Waals surface area contributed by atoms with Gasteiger partial charge in [-0.25, -0.2) is 0 Å². The van der Waals surface area contributed by atoms with Crippen molar-refractivity contribution in [2.45, 2.75) is 30.7 Å². The van der Waals surface area contributed by atoms with Crippen molar-refractivity contribution < 1.29 is 4.79 Å². The quantitative estimate of drug-likeness (QED) is 0.764. The highest BCUT2D eigenvalue weighted by molar-refractivity contribution is 7.98. The predicted molar refractivity (Wildman–Crippen MR) is 72.0 cm³/mol. The summed E-state index contributed by atoms with van der Waals surface area (Å²) in [6.07, 6.45) is 5.44. The molecule has 1 amide bonds. The van der Waals surface area contributed by atoms with E-state index in [4.69, 9.17) is 0 Å². The lowest BCUT2D eigenvalue weighted by atomic mass is 9.84. The molecular weight excluding hydrogens is 230 g/mol. The lowest BCUT2D eigenvalue weighted by Crippen LogP contribution is -2.35. The molecule has 3 heteroatoms. The molecule has 1 saturated carbocycles. The summed E-state index contributed by atoms with van der Waals surface area (Å²) in [5, 5.41) is 0. The van der Waals surface area contributed by atoms with Crippen LogP contribution in [0.5, 0.6) is 0 Å². The summed E-state index contributed by atoms with van der Waals surface area (Å²) in [6, 6.07) is 8.44. The summed E-state index contributed by atoms with van der Waals surface area (Å²) in [5.74, 6) is 0.607. The number of nitrogens with zero attached hydrogens (tertiary/aromatic N) is 1. The van der Waals surface area contributed by atoms with Crippen molar-refractivity contribution in [1.82, 2.24) is 4.90 Å². The molecule has 92 valence electrons. The van der Waals surface area contributed by atoms with Gasteiger partial charge >= 0.3 is 0 Å². The number of carbonyl (C=O) groups is 1. The van der Waals surface area contributed by atoms with Gasteiger partial charge in [-0.1, -0.05) is 18.6 Å². The van der Waals surface area contributed by atoms with Crippen molar-refractivity contribution in [2.75, 3.05) is 13.3 Å². The maximum absolute atomic E-state index is 12.0. The van der Waals surface area contributed by atoms with Gasteiger partial charge < -0.3 is 4.90 Å². The van der Waals surface area contributed by atoms with Crippen LogP contribution in [0, 0.1) is 5.92 Å². The molecule has 0 heterocycles. The van der Waals surface area contributed by atoms with Crippen molar-refractivity contribution in [1.29, 1.82) is 0 Å². The van der Waals surface area contributed by atoms with Gasteiger partial charge in [0.1, 0.15) is 0 Å². The first-order valence-electron chi connectivity index (χ1n) is 6.08. The number of hydrogen-bond acceptors (Lipinski definition) is 2. The maximum atomic E-state index is 12.0. The average Bonchev–Trinajstić information content (AvgIpc) is 2.27. The van der Waals surface area contributed by atoms with E-state index in [1.165, 1.54) is 16.9 Å². The molecule has 1 aliphatic rings. The van der Waals surface area contributed by atoms with Crippen molar-refractivity contribution in [3.8, 4) is 0 Å². The standard InChI is InChI=1S/C14H19NOS/c1-15(14(16)12-4-3-5-12)10-11-6-8-13(17-2)9-7-11/h6-9,12H,3-5,10H2,1-2H3. The maximum Gasteiger partial charge on any atom is 0.225 e. The monoisotopic (exact) mass is 249 g/mol. The molecule has 17 heavy (non-hydrogen) atoms. The third kappa shape index (κ3) is 3.03. The van der Waals surface area contributed by atoms with E-state index in [9.17, 15) is 4.79 Å². The minimum Gasteiger partial charge on any atom is -0.341 e. The molecule has 0 saturated heterocycles. The molecule has 1 aromatic rings. The first kappa shape index (κ1) is 12.5. The molecule has 1 aliphatic carbocycles.